The minimum Gasteiger partial charge on any atom is -0.497 e. The molecule has 3 N–H and O–H groups in total. The molecule has 3 heterocycles. The molecule has 2 aliphatic heterocycles. The first-order valence-corrected chi connectivity index (χ1v) is 12.0. The molecule has 0 saturated carbocycles. The van der Waals surface area contributed by atoms with Gasteiger partial charge in [-0.05, 0) is 36.8 Å². The summed E-state index contributed by atoms with van der Waals surface area (Å²) in [6.07, 6.45) is 0.459. The van der Waals surface area contributed by atoms with Crippen molar-refractivity contribution < 1.29 is 19.1 Å². The smallest absolute Gasteiger partial charge is 0.277 e. The quantitative estimate of drug-likeness (QED) is 0.517. The molecule has 0 bridgehead atoms. The number of benzene rings is 2. The number of piperazine rings is 1. The average Bonchev–Trinajstić information content (AvgIpc) is 3.31. The number of carbonyl (C=O) groups excluding carboxylic acids is 2. The molecule has 0 aliphatic carbocycles. The maximum atomic E-state index is 13.8. The van der Waals surface area contributed by atoms with E-state index in [2.05, 4.69) is 15.3 Å². The van der Waals surface area contributed by atoms with Gasteiger partial charge in [0.25, 0.3) is 11.8 Å². The van der Waals surface area contributed by atoms with Crippen LogP contribution in [-0.2, 0) is 13.0 Å². The monoisotopic (exact) mass is 490 g/mol. The Morgan fingerprint density at radius 1 is 1.03 bits per heavy atom. The van der Waals surface area contributed by atoms with E-state index < -0.39 is 5.91 Å². The van der Waals surface area contributed by atoms with Crippen LogP contribution in [0.3, 0.4) is 0 Å². The lowest BCUT2D eigenvalue weighted by Crippen LogP contribution is -2.43. The van der Waals surface area contributed by atoms with Gasteiger partial charge in [-0.1, -0.05) is 6.07 Å². The lowest BCUT2D eigenvalue weighted by atomic mass is 10.0. The summed E-state index contributed by atoms with van der Waals surface area (Å²) in [5, 5.41) is 7.79. The highest BCUT2D eigenvalue weighted by molar-refractivity contribution is 6.09. The van der Waals surface area contributed by atoms with Gasteiger partial charge in [0.15, 0.2) is 5.69 Å². The highest BCUT2D eigenvalue weighted by Crippen LogP contribution is 2.32. The van der Waals surface area contributed by atoms with Crippen molar-refractivity contribution >= 4 is 17.5 Å². The predicted molar refractivity (Wildman–Crippen MR) is 135 cm³/mol. The van der Waals surface area contributed by atoms with Crippen LogP contribution in [0.15, 0.2) is 42.5 Å². The third kappa shape index (κ3) is 4.40. The summed E-state index contributed by atoms with van der Waals surface area (Å²) in [7, 11) is 3.23. The largest absolute Gasteiger partial charge is 0.497 e. The number of nitrogens with one attached hydrogen (secondary N) is 1. The number of anilines is 1. The fourth-order valence-corrected chi connectivity index (χ4v) is 4.86. The number of nitrogens with two attached hydrogens (primary N) is 1. The number of hydrogen-bond donors (Lipinski definition) is 2. The van der Waals surface area contributed by atoms with Crippen LogP contribution in [0, 0.1) is 0 Å². The molecule has 3 aromatic rings. The minimum absolute atomic E-state index is 0.123. The van der Waals surface area contributed by atoms with E-state index in [0.717, 1.165) is 49.7 Å². The van der Waals surface area contributed by atoms with Crippen LogP contribution in [0.4, 0.5) is 5.69 Å². The standard InChI is InChI=1S/C26H30N6O4/c1-35-20-7-5-18(6-8-20)32-24-21(23(29-32)25(27)33)9-12-31(26(24)34)19-4-3-17(22(15-19)36-2)16-30-13-10-28-11-14-30/h3-8,15,28H,9-14,16H2,1-2H3,(H2,27,33). The zero-order valence-electron chi connectivity index (χ0n) is 20.5. The first kappa shape index (κ1) is 23.8. The van der Waals surface area contributed by atoms with Crippen LogP contribution < -0.4 is 25.4 Å². The number of hydrogen-bond acceptors (Lipinski definition) is 7. The second-order valence-corrected chi connectivity index (χ2v) is 8.88. The number of nitrogens with zero attached hydrogens (tertiary/aromatic N) is 4. The van der Waals surface area contributed by atoms with Crippen molar-refractivity contribution in [3.8, 4) is 17.2 Å². The Morgan fingerprint density at radius 3 is 2.42 bits per heavy atom. The Hall–Kier alpha value is -3.89. The number of ether oxygens (including phenoxy) is 2. The van der Waals surface area contributed by atoms with Crippen molar-refractivity contribution in [1.82, 2.24) is 20.0 Å². The van der Waals surface area contributed by atoms with Crippen LogP contribution in [0.1, 0.15) is 32.1 Å². The van der Waals surface area contributed by atoms with E-state index in [-0.39, 0.29) is 11.6 Å². The first-order chi connectivity index (χ1) is 17.5. The summed E-state index contributed by atoms with van der Waals surface area (Å²) in [4.78, 5) is 30.0. The Kier molecular flexibility index (Phi) is 6.62. The SMILES string of the molecule is COc1ccc(-n2nc(C(N)=O)c3c2C(=O)N(c2ccc(CN4CCNCC4)c(OC)c2)CC3)cc1. The molecule has 0 radical (unpaired) electrons. The summed E-state index contributed by atoms with van der Waals surface area (Å²) in [5.74, 6) is 0.518. The summed E-state index contributed by atoms with van der Waals surface area (Å²) in [5.41, 5.74) is 9.09. The Labute approximate surface area is 209 Å². The van der Waals surface area contributed by atoms with E-state index in [4.69, 9.17) is 15.2 Å². The van der Waals surface area contributed by atoms with Crippen molar-refractivity contribution in [2.24, 2.45) is 5.73 Å². The molecular formula is C26H30N6O4. The molecule has 188 valence electrons. The molecule has 36 heavy (non-hydrogen) atoms. The normalized spacial score (nSPS) is 16.1. The number of amides is 2. The van der Waals surface area contributed by atoms with Crippen LogP contribution in [0.25, 0.3) is 5.69 Å². The number of methoxy groups -OCH3 is 2. The number of carbonyl (C=O) groups is 2. The third-order valence-corrected chi connectivity index (χ3v) is 6.75. The van der Waals surface area contributed by atoms with E-state index in [1.54, 1.807) is 43.4 Å². The fraction of sp³-hybridized carbons (Fsp3) is 0.346. The molecule has 0 unspecified atom stereocenters. The highest BCUT2D eigenvalue weighted by atomic mass is 16.5. The molecule has 0 spiro atoms. The van der Waals surface area contributed by atoms with E-state index in [9.17, 15) is 9.59 Å². The second-order valence-electron chi connectivity index (χ2n) is 8.88. The molecule has 5 rings (SSSR count). The Morgan fingerprint density at radius 2 is 1.75 bits per heavy atom. The van der Waals surface area contributed by atoms with Gasteiger partial charge in [-0.3, -0.25) is 14.5 Å². The van der Waals surface area contributed by atoms with Crippen molar-refractivity contribution in [1.29, 1.82) is 0 Å². The predicted octanol–water partition coefficient (Wildman–Crippen LogP) is 1.60. The Bertz CT molecular complexity index is 1280. The van der Waals surface area contributed by atoms with Gasteiger partial charge in [-0.2, -0.15) is 5.10 Å². The highest BCUT2D eigenvalue weighted by Gasteiger charge is 2.35. The van der Waals surface area contributed by atoms with Gasteiger partial charge in [0, 0.05) is 62.1 Å². The molecule has 10 heteroatoms. The second kappa shape index (κ2) is 10.00. The van der Waals surface area contributed by atoms with E-state index in [1.807, 2.05) is 18.2 Å². The molecule has 2 amide bonds. The lowest BCUT2D eigenvalue weighted by Gasteiger charge is -2.30. The van der Waals surface area contributed by atoms with Crippen molar-refractivity contribution in [3.63, 3.8) is 0 Å². The number of rotatable bonds is 7. The van der Waals surface area contributed by atoms with Crippen LogP contribution in [0.5, 0.6) is 11.5 Å². The molecule has 1 fully saturated rings. The van der Waals surface area contributed by atoms with Gasteiger partial charge in [-0.25, -0.2) is 4.68 Å². The lowest BCUT2D eigenvalue weighted by molar-refractivity contribution is 0.0972. The molecule has 1 saturated heterocycles. The van der Waals surface area contributed by atoms with E-state index in [1.165, 1.54) is 4.68 Å². The van der Waals surface area contributed by atoms with E-state index >= 15 is 0 Å². The Balaban J connectivity index is 1.48. The molecule has 0 atom stereocenters. The van der Waals surface area contributed by atoms with Gasteiger partial charge in [0.1, 0.15) is 17.2 Å². The molecule has 2 aliphatic rings. The van der Waals surface area contributed by atoms with Gasteiger partial charge >= 0.3 is 0 Å². The number of aromatic nitrogens is 2. The van der Waals surface area contributed by atoms with Gasteiger partial charge < -0.3 is 25.4 Å². The van der Waals surface area contributed by atoms with Crippen LogP contribution >= 0.6 is 0 Å². The number of fused-ring (bicyclic) bond motifs is 1. The molecular weight excluding hydrogens is 460 g/mol. The zero-order valence-corrected chi connectivity index (χ0v) is 20.5. The van der Waals surface area contributed by atoms with E-state index in [0.29, 0.717) is 35.7 Å². The van der Waals surface area contributed by atoms with Gasteiger partial charge in [-0.15, -0.1) is 0 Å². The van der Waals surface area contributed by atoms with Gasteiger partial charge in [0.2, 0.25) is 0 Å². The molecule has 1 aromatic heterocycles. The fourth-order valence-electron chi connectivity index (χ4n) is 4.86. The van der Waals surface area contributed by atoms with Crippen LogP contribution in [0.2, 0.25) is 0 Å². The van der Waals surface area contributed by atoms with Crippen molar-refractivity contribution in [2.45, 2.75) is 13.0 Å². The summed E-state index contributed by atoms with van der Waals surface area (Å²) < 4.78 is 12.4. The topological polar surface area (TPSA) is 115 Å². The maximum Gasteiger partial charge on any atom is 0.277 e. The maximum absolute atomic E-state index is 13.8. The van der Waals surface area contributed by atoms with Crippen LogP contribution in [-0.4, -0.2) is 73.4 Å². The molecule has 10 nitrogen and oxygen atoms in total. The molecule has 2 aromatic carbocycles. The van der Waals surface area contributed by atoms with Crippen molar-refractivity contribution in [3.05, 3.63) is 65.0 Å². The van der Waals surface area contributed by atoms with Crippen molar-refractivity contribution in [2.75, 3.05) is 51.8 Å². The minimum atomic E-state index is -0.654. The summed E-state index contributed by atoms with van der Waals surface area (Å²) in [6.45, 7) is 5.10. The third-order valence-electron chi connectivity index (χ3n) is 6.75. The summed E-state index contributed by atoms with van der Waals surface area (Å²) >= 11 is 0. The number of primary amides is 1. The summed E-state index contributed by atoms with van der Waals surface area (Å²) in [6, 6.07) is 13.0. The zero-order chi connectivity index (χ0) is 25.2. The first-order valence-electron chi connectivity index (χ1n) is 12.0. The van der Waals surface area contributed by atoms with Gasteiger partial charge in [0.05, 0.1) is 19.9 Å². The average molecular weight is 491 g/mol.